The first-order valence-corrected chi connectivity index (χ1v) is 7.98. The maximum atomic E-state index is 12.1. The fourth-order valence-electron chi connectivity index (χ4n) is 2.13. The molecule has 0 aromatic heterocycles. The van der Waals surface area contributed by atoms with Gasteiger partial charge in [-0.2, -0.15) is 0 Å². The molecule has 0 radical (unpaired) electrons. The van der Waals surface area contributed by atoms with Gasteiger partial charge >= 0.3 is 0 Å². The number of hydrogen-bond donors (Lipinski definition) is 1. The van der Waals surface area contributed by atoms with E-state index in [0.717, 1.165) is 19.3 Å². The van der Waals surface area contributed by atoms with Gasteiger partial charge in [-0.25, -0.2) is 0 Å². The predicted octanol–water partition coefficient (Wildman–Crippen LogP) is 3.11. The molecule has 0 aromatic rings. The summed E-state index contributed by atoms with van der Waals surface area (Å²) in [4.78, 5) is 12.1. The molecular weight excluding hydrogens is 280 g/mol. The monoisotopic (exact) mass is 302 g/mol. The van der Waals surface area contributed by atoms with Gasteiger partial charge in [-0.1, -0.05) is 23.4 Å². The minimum absolute atomic E-state index is 0.00460. The summed E-state index contributed by atoms with van der Waals surface area (Å²) < 4.78 is 5.48. The van der Waals surface area contributed by atoms with Gasteiger partial charge in [-0.05, 0) is 58.2 Å². The molecule has 0 heterocycles. The van der Waals surface area contributed by atoms with Gasteiger partial charge in [0.1, 0.15) is 5.60 Å². The number of ether oxygens (including phenoxy) is 1. The molecule has 0 spiro atoms. The van der Waals surface area contributed by atoms with E-state index >= 15 is 0 Å². The van der Waals surface area contributed by atoms with Crippen LogP contribution in [0.4, 0.5) is 0 Å². The average Bonchev–Trinajstić information content (AvgIpc) is 2.36. The van der Waals surface area contributed by atoms with Crippen molar-refractivity contribution >= 4 is 34.1 Å². The fraction of sp³-hybridized carbons (Fsp3) is 0.714. The van der Waals surface area contributed by atoms with E-state index in [2.05, 4.69) is 13.0 Å². The second-order valence-electron chi connectivity index (χ2n) is 5.06. The third-order valence-electron chi connectivity index (χ3n) is 3.58. The lowest BCUT2D eigenvalue weighted by Crippen LogP contribution is -2.44. The Balaban J connectivity index is 2.52. The number of thioether (sulfide) groups is 1. The van der Waals surface area contributed by atoms with E-state index in [0.29, 0.717) is 11.0 Å². The van der Waals surface area contributed by atoms with Crippen LogP contribution in [-0.4, -0.2) is 33.2 Å². The van der Waals surface area contributed by atoms with Crippen LogP contribution in [-0.2, 0) is 9.53 Å². The molecule has 0 aromatic carbocycles. The summed E-state index contributed by atoms with van der Waals surface area (Å²) in [5.41, 5.74) is 0.0675. The fourth-order valence-corrected chi connectivity index (χ4v) is 3.17. The molecule has 108 valence electrons. The number of aliphatic hydroxyl groups is 1. The first-order valence-electron chi connectivity index (χ1n) is 6.58. The second kappa shape index (κ2) is 7.41. The molecular formula is C14H22O3S2. The van der Waals surface area contributed by atoms with Crippen LogP contribution in [0.2, 0.25) is 0 Å². The summed E-state index contributed by atoms with van der Waals surface area (Å²) in [6.45, 7) is 6.06. The number of thiocarbonyl (C=S) groups is 1. The molecule has 0 fully saturated rings. The molecule has 19 heavy (non-hydrogen) atoms. The van der Waals surface area contributed by atoms with E-state index in [1.54, 1.807) is 6.92 Å². The van der Waals surface area contributed by atoms with E-state index in [1.165, 1.54) is 17.3 Å². The maximum Gasteiger partial charge on any atom is 0.220 e. The van der Waals surface area contributed by atoms with Crippen LogP contribution in [0, 0.1) is 5.92 Å². The molecule has 0 saturated carbocycles. The molecule has 1 aliphatic carbocycles. The highest BCUT2D eigenvalue weighted by atomic mass is 32.2. The summed E-state index contributed by atoms with van der Waals surface area (Å²) in [5.74, 6) is 0.00728. The normalized spacial score (nSPS) is 22.3. The highest BCUT2D eigenvalue weighted by Crippen LogP contribution is 2.33. The lowest BCUT2D eigenvalue weighted by Gasteiger charge is -2.33. The van der Waals surface area contributed by atoms with Crippen molar-refractivity contribution in [2.75, 3.05) is 12.4 Å². The van der Waals surface area contributed by atoms with Crippen molar-refractivity contribution in [2.24, 2.45) is 5.92 Å². The molecule has 1 aliphatic rings. The van der Waals surface area contributed by atoms with Gasteiger partial charge in [-0.3, -0.25) is 4.79 Å². The minimum Gasteiger partial charge on any atom is -0.479 e. The molecule has 3 nitrogen and oxygen atoms in total. The van der Waals surface area contributed by atoms with Gasteiger partial charge in [0.25, 0.3) is 0 Å². The van der Waals surface area contributed by atoms with E-state index in [1.807, 2.05) is 6.92 Å². The zero-order valence-corrected chi connectivity index (χ0v) is 13.4. The van der Waals surface area contributed by atoms with Crippen LogP contribution in [0.3, 0.4) is 0 Å². The summed E-state index contributed by atoms with van der Waals surface area (Å²) in [5, 5.41) is 10.5. The van der Waals surface area contributed by atoms with Crippen molar-refractivity contribution in [3.8, 4) is 0 Å². The van der Waals surface area contributed by atoms with Crippen molar-refractivity contribution in [3.05, 3.63) is 11.6 Å². The van der Waals surface area contributed by atoms with E-state index in [-0.39, 0.29) is 17.5 Å². The molecule has 5 heteroatoms. The molecule has 1 rings (SSSR count). The number of hydrogen-bond acceptors (Lipinski definition) is 5. The Morgan fingerprint density at radius 3 is 2.89 bits per heavy atom. The van der Waals surface area contributed by atoms with Crippen LogP contribution < -0.4 is 0 Å². The molecule has 0 aliphatic heterocycles. The maximum absolute atomic E-state index is 12.1. The number of Topliss-reactive ketones (excluding diaryl/α,β-unsaturated/α-hetero) is 1. The second-order valence-corrected chi connectivity index (χ2v) is 6.64. The van der Waals surface area contributed by atoms with Crippen molar-refractivity contribution in [3.63, 3.8) is 0 Å². The average molecular weight is 302 g/mol. The molecule has 1 N–H and O–H groups in total. The number of carbonyl (C=O) groups is 1. The Labute approximate surface area is 124 Å². The first-order chi connectivity index (χ1) is 8.87. The summed E-state index contributed by atoms with van der Waals surface area (Å²) in [6.07, 6.45) is 4.71. The Morgan fingerprint density at radius 2 is 2.37 bits per heavy atom. The molecule has 0 bridgehead atoms. The number of allylic oxidation sites excluding steroid dienone is 2. The SMILES string of the molecule is CCOC(=S)SCC(=O)C(C)(O)C1CC=C(C)CC1. The van der Waals surface area contributed by atoms with Gasteiger partial charge in [0.05, 0.1) is 12.4 Å². The van der Waals surface area contributed by atoms with Crippen molar-refractivity contribution < 1.29 is 14.6 Å². The van der Waals surface area contributed by atoms with Crippen molar-refractivity contribution in [1.82, 2.24) is 0 Å². The van der Waals surface area contributed by atoms with Gasteiger partial charge in [0.2, 0.25) is 4.38 Å². The number of ketones is 1. The van der Waals surface area contributed by atoms with Gasteiger partial charge < -0.3 is 9.84 Å². The zero-order chi connectivity index (χ0) is 14.5. The highest BCUT2D eigenvalue weighted by Gasteiger charge is 2.38. The Bertz CT molecular complexity index is 375. The Morgan fingerprint density at radius 1 is 1.68 bits per heavy atom. The predicted molar refractivity (Wildman–Crippen MR) is 83.4 cm³/mol. The van der Waals surface area contributed by atoms with Crippen LogP contribution in [0.25, 0.3) is 0 Å². The van der Waals surface area contributed by atoms with E-state index in [4.69, 9.17) is 17.0 Å². The standard InChI is InChI=1S/C14H22O3S2/c1-4-17-13(18)19-9-12(15)14(3,16)11-7-5-10(2)6-8-11/h5,11,16H,4,6-9H2,1-3H3. The third-order valence-corrected chi connectivity index (χ3v) is 4.81. The Hall–Kier alpha value is -0.390. The smallest absolute Gasteiger partial charge is 0.220 e. The largest absolute Gasteiger partial charge is 0.479 e. The number of carbonyl (C=O) groups excluding carboxylic acids is 1. The quantitative estimate of drug-likeness (QED) is 0.624. The number of rotatable bonds is 5. The zero-order valence-electron chi connectivity index (χ0n) is 11.8. The lowest BCUT2D eigenvalue weighted by atomic mass is 9.77. The first kappa shape index (κ1) is 16.7. The highest BCUT2D eigenvalue weighted by molar-refractivity contribution is 8.23. The van der Waals surface area contributed by atoms with Crippen LogP contribution in [0.5, 0.6) is 0 Å². The third kappa shape index (κ3) is 4.89. The summed E-state index contributed by atoms with van der Waals surface area (Å²) >= 11 is 6.15. The summed E-state index contributed by atoms with van der Waals surface area (Å²) in [6, 6.07) is 0. The van der Waals surface area contributed by atoms with Crippen LogP contribution in [0.15, 0.2) is 11.6 Å². The molecule has 2 atom stereocenters. The van der Waals surface area contributed by atoms with Gasteiger partial charge in [0.15, 0.2) is 5.78 Å². The molecule has 0 saturated heterocycles. The van der Waals surface area contributed by atoms with E-state index < -0.39 is 5.60 Å². The van der Waals surface area contributed by atoms with Crippen LogP contribution in [0.1, 0.15) is 40.0 Å². The lowest BCUT2D eigenvalue weighted by molar-refractivity contribution is -0.138. The topological polar surface area (TPSA) is 46.5 Å². The van der Waals surface area contributed by atoms with Crippen molar-refractivity contribution in [2.45, 2.75) is 45.6 Å². The van der Waals surface area contributed by atoms with Crippen LogP contribution >= 0.6 is 24.0 Å². The van der Waals surface area contributed by atoms with Gasteiger partial charge in [-0.15, -0.1) is 0 Å². The summed E-state index contributed by atoms with van der Waals surface area (Å²) in [7, 11) is 0. The van der Waals surface area contributed by atoms with E-state index in [9.17, 15) is 9.90 Å². The van der Waals surface area contributed by atoms with Crippen molar-refractivity contribution in [1.29, 1.82) is 0 Å². The Kier molecular flexibility index (Phi) is 6.50. The molecule has 2 unspecified atom stereocenters. The molecule has 0 amide bonds. The minimum atomic E-state index is -1.27. The van der Waals surface area contributed by atoms with Gasteiger partial charge in [0, 0.05) is 0 Å².